The molecule has 1 atom stereocenters. The number of nitrogens with zero attached hydrogens (tertiary/aromatic N) is 2. The van der Waals surface area contributed by atoms with E-state index < -0.39 is 16.9 Å². The molecule has 0 unspecified atom stereocenters. The maximum Gasteiger partial charge on any atom is 0.326 e. The highest BCUT2D eigenvalue weighted by Gasteiger charge is 2.20. The number of aryl methyl sites for hydroxylation is 1. The number of carboxylic acids is 1. The summed E-state index contributed by atoms with van der Waals surface area (Å²) in [5.41, 5.74) is 0.359. The number of anilines is 1. The van der Waals surface area contributed by atoms with Gasteiger partial charge in [0.1, 0.15) is 18.1 Å². The zero-order valence-corrected chi connectivity index (χ0v) is 11.1. The molecule has 1 heterocycles. The first-order chi connectivity index (χ1) is 8.81. The van der Waals surface area contributed by atoms with Gasteiger partial charge in [-0.3, -0.25) is 10.1 Å². The van der Waals surface area contributed by atoms with Crippen molar-refractivity contribution < 1.29 is 14.8 Å². The van der Waals surface area contributed by atoms with Crippen LogP contribution in [0.2, 0.25) is 0 Å². The molecular weight excluding hydrogens is 250 g/mol. The van der Waals surface area contributed by atoms with E-state index in [-0.39, 0.29) is 11.6 Å². The van der Waals surface area contributed by atoms with Gasteiger partial charge >= 0.3 is 5.97 Å². The van der Waals surface area contributed by atoms with Gasteiger partial charge < -0.3 is 10.4 Å². The average molecular weight is 267 g/mol. The quantitative estimate of drug-likeness (QED) is 0.604. The van der Waals surface area contributed by atoms with Crippen LogP contribution in [0.25, 0.3) is 0 Å². The Kier molecular flexibility index (Phi) is 4.80. The van der Waals surface area contributed by atoms with Crippen molar-refractivity contribution in [2.75, 3.05) is 5.32 Å². The van der Waals surface area contributed by atoms with Crippen molar-refractivity contribution in [1.29, 1.82) is 0 Å². The first-order valence-electron chi connectivity index (χ1n) is 5.91. The number of rotatable bonds is 6. The van der Waals surface area contributed by atoms with E-state index >= 15 is 0 Å². The van der Waals surface area contributed by atoms with E-state index in [9.17, 15) is 14.9 Å². The van der Waals surface area contributed by atoms with Crippen LogP contribution in [0.15, 0.2) is 12.3 Å². The minimum Gasteiger partial charge on any atom is -0.480 e. The number of hydrogen-bond acceptors (Lipinski definition) is 5. The lowest BCUT2D eigenvalue weighted by molar-refractivity contribution is -0.385. The lowest BCUT2D eigenvalue weighted by Crippen LogP contribution is -2.31. The first kappa shape index (κ1) is 14.9. The third kappa shape index (κ3) is 4.20. The van der Waals surface area contributed by atoms with Crippen LogP contribution in [0.1, 0.15) is 25.8 Å². The number of nitro groups is 1. The van der Waals surface area contributed by atoms with E-state index in [1.807, 2.05) is 13.8 Å². The summed E-state index contributed by atoms with van der Waals surface area (Å²) in [6, 6.07) is 0.724. The van der Waals surface area contributed by atoms with Gasteiger partial charge in [-0.25, -0.2) is 9.78 Å². The summed E-state index contributed by atoms with van der Waals surface area (Å²) in [7, 11) is 0. The van der Waals surface area contributed by atoms with Crippen LogP contribution < -0.4 is 5.32 Å². The summed E-state index contributed by atoms with van der Waals surface area (Å²) < 4.78 is 0. The summed E-state index contributed by atoms with van der Waals surface area (Å²) >= 11 is 0. The molecular formula is C12H17N3O4. The topological polar surface area (TPSA) is 105 Å². The van der Waals surface area contributed by atoms with E-state index in [0.717, 1.165) is 6.20 Å². The monoisotopic (exact) mass is 267 g/mol. The Balaban J connectivity index is 2.88. The number of carboxylic acid groups (broad SMARTS) is 1. The summed E-state index contributed by atoms with van der Waals surface area (Å²) in [5.74, 6) is -0.421. The summed E-state index contributed by atoms with van der Waals surface area (Å²) in [4.78, 5) is 25.1. The van der Waals surface area contributed by atoms with Gasteiger partial charge in [-0.05, 0) is 25.3 Å². The van der Waals surface area contributed by atoms with Crippen LogP contribution >= 0.6 is 0 Å². The van der Waals surface area contributed by atoms with Crippen molar-refractivity contribution in [2.24, 2.45) is 5.92 Å². The fraction of sp³-hybridized carbons (Fsp3) is 0.500. The maximum absolute atomic E-state index is 11.1. The third-order valence-corrected chi connectivity index (χ3v) is 2.61. The minimum atomic E-state index is -0.966. The van der Waals surface area contributed by atoms with E-state index in [1.54, 1.807) is 6.92 Å². The molecule has 0 aliphatic carbocycles. The number of nitrogens with one attached hydrogen (secondary N) is 1. The number of pyridine rings is 1. The normalized spacial score (nSPS) is 12.2. The summed E-state index contributed by atoms with van der Waals surface area (Å²) in [6.45, 7) is 5.43. The van der Waals surface area contributed by atoms with Crippen molar-refractivity contribution in [1.82, 2.24) is 4.98 Å². The van der Waals surface area contributed by atoms with Gasteiger partial charge in [0.05, 0.1) is 4.92 Å². The highest BCUT2D eigenvalue weighted by Crippen LogP contribution is 2.20. The van der Waals surface area contributed by atoms with Gasteiger partial charge in [0, 0.05) is 5.56 Å². The van der Waals surface area contributed by atoms with Crippen LogP contribution in [-0.2, 0) is 4.79 Å². The second kappa shape index (κ2) is 6.12. The lowest BCUT2D eigenvalue weighted by Gasteiger charge is -2.17. The van der Waals surface area contributed by atoms with Gasteiger partial charge in [-0.1, -0.05) is 13.8 Å². The lowest BCUT2D eigenvalue weighted by atomic mass is 10.0. The van der Waals surface area contributed by atoms with E-state index in [2.05, 4.69) is 10.3 Å². The highest BCUT2D eigenvalue weighted by molar-refractivity contribution is 5.76. The summed E-state index contributed by atoms with van der Waals surface area (Å²) in [5, 5.41) is 22.5. The van der Waals surface area contributed by atoms with E-state index in [4.69, 9.17) is 5.11 Å². The largest absolute Gasteiger partial charge is 0.480 e. The van der Waals surface area contributed by atoms with E-state index in [0.29, 0.717) is 17.8 Å². The molecule has 0 fully saturated rings. The Bertz CT molecular complexity index is 488. The number of aliphatic carboxylic acids is 1. The Hall–Kier alpha value is -2.18. The predicted octanol–water partition coefficient (Wildman–Crippen LogP) is 2.21. The molecule has 0 bridgehead atoms. The zero-order chi connectivity index (χ0) is 14.6. The number of aromatic nitrogens is 1. The first-order valence-corrected chi connectivity index (χ1v) is 5.91. The van der Waals surface area contributed by atoms with Crippen LogP contribution in [0.3, 0.4) is 0 Å². The number of hydrogen-bond donors (Lipinski definition) is 2. The van der Waals surface area contributed by atoms with Crippen LogP contribution in [-0.4, -0.2) is 27.0 Å². The van der Waals surface area contributed by atoms with Crippen LogP contribution in [0.4, 0.5) is 11.5 Å². The second-order valence-corrected chi connectivity index (χ2v) is 4.78. The smallest absolute Gasteiger partial charge is 0.326 e. The Morgan fingerprint density at radius 3 is 2.63 bits per heavy atom. The molecule has 0 amide bonds. The van der Waals surface area contributed by atoms with Gasteiger partial charge in [-0.2, -0.15) is 0 Å². The molecule has 0 aliphatic rings. The second-order valence-electron chi connectivity index (χ2n) is 4.78. The zero-order valence-electron chi connectivity index (χ0n) is 11.1. The van der Waals surface area contributed by atoms with Crippen molar-refractivity contribution in [2.45, 2.75) is 33.2 Å². The molecule has 1 aromatic rings. The third-order valence-electron chi connectivity index (χ3n) is 2.61. The molecule has 0 spiro atoms. The van der Waals surface area contributed by atoms with Crippen molar-refractivity contribution in [3.63, 3.8) is 0 Å². The Morgan fingerprint density at radius 2 is 2.21 bits per heavy atom. The Labute approximate surface area is 110 Å². The molecule has 19 heavy (non-hydrogen) atoms. The minimum absolute atomic E-state index is 0.0821. The fourth-order valence-corrected chi connectivity index (χ4v) is 1.69. The Morgan fingerprint density at radius 1 is 1.58 bits per heavy atom. The molecule has 1 rings (SSSR count). The molecule has 0 saturated heterocycles. The molecule has 7 heteroatoms. The van der Waals surface area contributed by atoms with Gasteiger partial charge in [0.25, 0.3) is 5.69 Å². The SMILES string of the molecule is Cc1cc(N[C@@H](CC(C)C)C(=O)O)ncc1[N+](=O)[O-]. The average Bonchev–Trinajstić information content (AvgIpc) is 2.26. The molecule has 0 aliphatic heterocycles. The van der Waals surface area contributed by atoms with Gasteiger partial charge in [0.2, 0.25) is 0 Å². The van der Waals surface area contributed by atoms with Crippen molar-refractivity contribution >= 4 is 17.5 Å². The molecule has 7 nitrogen and oxygen atoms in total. The van der Waals surface area contributed by atoms with Crippen molar-refractivity contribution in [3.05, 3.63) is 27.9 Å². The predicted molar refractivity (Wildman–Crippen MR) is 70.1 cm³/mol. The molecule has 1 aromatic heterocycles. The standard InChI is InChI=1S/C12H17N3O4/c1-7(2)4-9(12(16)17)14-11-5-8(3)10(6-13-11)15(18)19/h5-7,9H,4H2,1-3H3,(H,13,14)(H,16,17)/t9-/m0/s1. The molecule has 0 radical (unpaired) electrons. The summed E-state index contributed by atoms with van der Waals surface area (Å²) in [6.07, 6.45) is 1.58. The fourth-order valence-electron chi connectivity index (χ4n) is 1.69. The van der Waals surface area contributed by atoms with E-state index in [1.165, 1.54) is 6.07 Å². The molecule has 2 N–H and O–H groups in total. The van der Waals surface area contributed by atoms with Crippen LogP contribution in [0, 0.1) is 23.0 Å². The molecule has 0 aromatic carbocycles. The van der Waals surface area contributed by atoms with Crippen molar-refractivity contribution in [3.8, 4) is 0 Å². The number of carbonyl (C=O) groups is 1. The molecule has 0 saturated carbocycles. The molecule has 104 valence electrons. The van der Waals surface area contributed by atoms with Gasteiger partial charge in [0.15, 0.2) is 0 Å². The highest BCUT2D eigenvalue weighted by atomic mass is 16.6. The van der Waals surface area contributed by atoms with Gasteiger partial charge in [-0.15, -0.1) is 0 Å². The maximum atomic E-state index is 11.1. The van der Waals surface area contributed by atoms with Crippen LogP contribution in [0.5, 0.6) is 0 Å².